The highest BCUT2D eigenvalue weighted by molar-refractivity contribution is 5.09. The van der Waals surface area contributed by atoms with Crippen molar-refractivity contribution in [2.75, 3.05) is 0 Å². The van der Waals surface area contributed by atoms with Gasteiger partial charge in [-0.25, -0.2) is 0 Å². The summed E-state index contributed by atoms with van der Waals surface area (Å²) in [6.07, 6.45) is 16.6. The lowest BCUT2D eigenvalue weighted by molar-refractivity contribution is 0.394. The summed E-state index contributed by atoms with van der Waals surface area (Å²) in [5.74, 6) is 0. The van der Waals surface area contributed by atoms with Gasteiger partial charge in [-0.1, -0.05) is 44.1 Å². The molecule has 73 valence electrons. The fourth-order valence-electron chi connectivity index (χ4n) is 0.916. The Kier molecular flexibility index (Phi) is 10.2. The lowest BCUT2D eigenvalue weighted by Gasteiger charge is -1.89. The molecule has 1 heteroatoms. The van der Waals surface area contributed by atoms with Crippen molar-refractivity contribution in [2.24, 2.45) is 0 Å². The summed E-state index contributed by atoms with van der Waals surface area (Å²) in [5, 5.41) is 0. The zero-order valence-electron chi connectivity index (χ0n) is 8.41. The Morgan fingerprint density at radius 2 is 1.85 bits per heavy atom. The van der Waals surface area contributed by atoms with Crippen LogP contribution in [0.25, 0.3) is 0 Å². The SMILES string of the molecule is [CH2]O/C=C/C=C/C=C/CCCCC. The summed E-state index contributed by atoms with van der Waals surface area (Å²) in [4.78, 5) is 0. The highest BCUT2D eigenvalue weighted by Gasteiger charge is 1.79. The lowest BCUT2D eigenvalue weighted by Crippen LogP contribution is -1.69. The van der Waals surface area contributed by atoms with Crippen LogP contribution < -0.4 is 0 Å². The molecule has 0 bridgehead atoms. The minimum atomic E-state index is 1.17. The molecule has 0 heterocycles. The highest BCUT2D eigenvalue weighted by atomic mass is 16.5. The molecule has 0 aromatic heterocycles. The largest absolute Gasteiger partial charge is 0.498 e. The molecular formula is C12H19O. The molecule has 0 saturated heterocycles. The maximum absolute atomic E-state index is 4.50. The molecule has 0 amide bonds. The topological polar surface area (TPSA) is 9.23 Å². The Labute approximate surface area is 81.8 Å². The Hall–Kier alpha value is -0.980. The third kappa shape index (κ3) is 11.0. The van der Waals surface area contributed by atoms with Gasteiger partial charge in [0.15, 0.2) is 0 Å². The fourth-order valence-corrected chi connectivity index (χ4v) is 0.916. The van der Waals surface area contributed by atoms with E-state index in [1.165, 1.54) is 25.7 Å². The molecule has 0 aliphatic heterocycles. The Bertz CT molecular complexity index is 166. The van der Waals surface area contributed by atoms with Crippen molar-refractivity contribution >= 4 is 0 Å². The van der Waals surface area contributed by atoms with Crippen LogP contribution >= 0.6 is 0 Å². The van der Waals surface area contributed by atoms with E-state index in [0.29, 0.717) is 0 Å². The van der Waals surface area contributed by atoms with Crippen LogP contribution in [0.2, 0.25) is 0 Å². The summed E-state index contributed by atoms with van der Waals surface area (Å²) in [7, 11) is 3.21. The molecule has 0 fully saturated rings. The van der Waals surface area contributed by atoms with Gasteiger partial charge in [-0.2, -0.15) is 0 Å². The minimum absolute atomic E-state index is 1.17. The second-order valence-electron chi connectivity index (χ2n) is 2.80. The summed E-state index contributed by atoms with van der Waals surface area (Å²) in [6.45, 7) is 2.22. The van der Waals surface area contributed by atoms with E-state index >= 15 is 0 Å². The first-order chi connectivity index (χ1) is 6.41. The van der Waals surface area contributed by atoms with Gasteiger partial charge in [0, 0.05) is 0 Å². The van der Waals surface area contributed by atoms with Crippen molar-refractivity contribution in [1.29, 1.82) is 0 Å². The number of hydrogen-bond donors (Lipinski definition) is 0. The van der Waals surface area contributed by atoms with Gasteiger partial charge in [-0.05, 0) is 18.9 Å². The Balaban J connectivity index is 3.29. The molecule has 1 nitrogen and oxygen atoms in total. The molecular weight excluding hydrogens is 160 g/mol. The molecule has 0 N–H and O–H groups in total. The van der Waals surface area contributed by atoms with Crippen molar-refractivity contribution in [3.05, 3.63) is 43.8 Å². The van der Waals surface area contributed by atoms with Crippen LogP contribution in [0, 0.1) is 7.11 Å². The zero-order valence-corrected chi connectivity index (χ0v) is 8.41. The number of hydrogen-bond acceptors (Lipinski definition) is 1. The normalized spacial score (nSPS) is 12.2. The molecule has 0 rings (SSSR count). The van der Waals surface area contributed by atoms with Crippen molar-refractivity contribution < 1.29 is 4.74 Å². The van der Waals surface area contributed by atoms with Gasteiger partial charge in [0.25, 0.3) is 0 Å². The van der Waals surface area contributed by atoms with Gasteiger partial charge < -0.3 is 4.74 Å². The predicted molar refractivity (Wildman–Crippen MR) is 58.0 cm³/mol. The van der Waals surface area contributed by atoms with Crippen LogP contribution in [0.3, 0.4) is 0 Å². The molecule has 13 heavy (non-hydrogen) atoms. The molecule has 0 aliphatic rings. The van der Waals surface area contributed by atoms with Crippen molar-refractivity contribution in [2.45, 2.75) is 32.6 Å². The first-order valence-electron chi connectivity index (χ1n) is 4.81. The second kappa shape index (κ2) is 11.0. The van der Waals surface area contributed by atoms with Gasteiger partial charge >= 0.3 is 0 Å². The van der Waals surface area contributed by atoms with Crippen LogP contribution in [-0.2, 0) is 4.74 Å². The molecule has 0 aliphatic carbocycles. The monoisotopic (exact) mass is 179 g/mol. The average molecular weight is 179 g/mol. The van der Waals surface area contributed by atoms with Crippen LogP contribution in [-0.4, -0.2) is 0 Å². The van der Waals surface area contributed by atoms with E-state index in [2.05, 4.69) is 30.9 Å². The molecule has 0 aromatic carbocycles. The number of ether oxygens (including phenoxy) is 1. The second-order valence-corrected chi connectivity index (χ2v) is 2.80. The maximum Gasteiger partial charge on any atom is 0.121 e. The number of allylic oxidation sites excluding steroid dienone is 5. The molecule has 0 aromatic rings. The van der Waals surface area contributed by atoms with E-state index in [1.807, 2.05) is 18.2 Å². The Morgan fingerprint density at radius 3 is 2.54 bits per heavy atom. The summed E-state index contributed by atoms with van der Waals surface area (Å²) >= 11 is 0. The van der Waals surface area contributed by atoms with E-state index in [-0.39, 0.29) is 0 Å². The maximum atomic E-state index is 4.50. The van der Waals surface area contributed by atoms with E-state index in [0.717, 1.165) is 0 Å². The van der Waals surface area contributed by atoms with E-state index < -0.39 is 0 Å². The van der Waals surface area contributed by atoms with Gasteiger partial charge in [0.05, 0.1) is 6.26 Å². The molecule has 0 atom stereocenters. The smallest absolute Gasteiger partial charge is 0.121 e. The predicted octanol–water partition coefficient (Wildman–Crippen LogP) is 4.00. The molecule has 1 radical (unpaired) electrons. The highest BCUT2D eigenvalue weighted by Crippen LogP contribution is 1.99. The first-order valence-corrected chi connectivity index (χ1v) is 4.81. The van der Waals surface area contributed by atoms with Crippen LogP contribution in [0.15, 0.2) is 36.6 Å². The van der Waals surface area contributed by atoms with Crippen molar-refractivity contribution in [3.8, 4) is 0 Å². The third-order valence-electron chi connectivity index (χ3n) is 1.62. The summed E-state index contributed by atoms with van der Waals surface area (Å²) < 4.78 is 4.50. The van der Waals surface area contributed by atoms with Crippen LogP contribution in [0.1, 0.15) is 32.6 Å². The van der Waals surface area contributed by atoms with Gasteiger partial charge in [-0.15, -0.1) is 0 Å². The van der Waals surface area contributed by atoms with E-state index in [1.54, 1.807) is 6.26 Å². The average Bonchev–Trinajstić information content (AvgIpc) is 2.16. The van der Waals surface area contributed by atoms with Crippen LogP contribution in [0.4, 0.5) is 0 Å². The number of unbranched alkanes of at least 4 members (excludes halogenated alkanes) is 3. The summed E-state index contributed by atoms with van der Waals surface area (Å²) in [6, 6.07) is 0. The van der Waals surface area contributed by atoms with Gasteiger partial charge in [0.2, 0.25) is 0 Å². The lowest BCUT2D eigenvalue weighted by atomic mass is 10.2. The zero-order chi connectivity index (χ0) is 9.78. The minimum Gasteiger partial charge on any atom is -0.498 e. The summed E-state index contributed by atoms with van der Waals surface area (Å²) in [5.41, 5.74) is 0. The third-order valence-corrected chi connectivity index (χ3v) is 1.62. The number of rotatable bonds is 7. The van der Waals surface area contributed by atoms with Gasteiger partial charge in [-0.3, -0.25) is 0 Å². The fraction of sp³-hybridized carbons (Fsp3) is 0.417. The molecule has 0 unspecified atom stereocenters. The van der Waals surface area contributed by atoms with Crippen LogP contribution in [0.5, 0.6) is 0 Å². The van der Waals surface area contributed by atoms with Crippen molar-refractivity contribution in [3.63, 3.8) is 0 Å². The van der Waals surface area contributed by atoms with Gasteiger partial charge in [0.1, 0.15) is 7.11 Å². The first kappa shape index (κ1) is 12.0. The standard InChI is InChI=1S/C12H19O/c1-3-4-5-6-7-8-9-10-11-12-13-2/h7-12H,2-6H2,1H3/b8-7+,10-9+,12-11+. The Morgan fingerprint density at radius 1 is 1.08 bits per heavy atom. The molecule has 0 saturated carbocycles. The van der Waals surface area contributed by atoms with E-state index in [9.17, 15) is 0 Å². The van der Waals surface area contributed by atoms with Crippen molar-refractivity contribution in [1.82, 2.24) is 0 Å². The molecule has 0 spiro atoms. The van der Waals surface area contributed by atoms with E-state index in [4.69, 9.17) is 0 Å². The quantitative estimate of drug-likeness (QED) is 0.326.